The molecule has 0 aliphatic rings. The van der Waals surface area contributed by atoms with Crippen LogP contribution in [0, 0.1) is 5.82 Å². The molecule has 0 radical (unpaired) electrons. The van der Waals surface area contributed by atoms with E-state index < -0.39 is 0 Å². The molecule has 0 atom stereocenters. The molecule has 8 heteroatoms. The van der Waals surface area contributed by atoms with Crippen molar-refractivity contribution >= 4 is 47.3 Å². The molecule has 3 aromatic rings. The summed E-state index contributed by atoms with van der Waals surface area (Å²) < 4.78 is 16.3. The zero-order valence-electron chi connectivity index (χ0n) is 19.2. The van der Waals surface area contributed by atoms with Crippen LogP contribution in [0.1, 0.15) is 12.8 Å². The lowest BCUT2D eigenvalue weighted by Gasteiger charge is -2.28. The van der Waals surface area contributed by atoms with E-state index in [2.05, 4.69) is 53.9 Å². The Morgan fingerprint density at radius 2 is 1.38 bits per heavy atom. The van der Waals surface area contributed by atoms with Crippen LogP contribution in [-0.2, 0) is 0 Å². The number of aromatic nitrogens is 1. The van der Waals surface area contributed by atoms with Crippen molar-refractivity contribution in [1.29, 1.82) is 0 Å². The number of hydrogen-bond donors (Lipinski definition) is 0. The summed E-state index contributed by atoms with van der Waals surface area (Å²) >= 11 is 6.08. The van der Waals surface area contributed by atoms with Gasteiger partial charge in [0, 0.05) is 35.3 Å². The Bertz CT molecular complexity index is 944. The first-order chi connectivity index (χ1) is 14.3. The number of nitrogens with zero attached hydrogens (tertiary/aromatic N) is 4. The van der Waals surface area contributed by atoms with Gasteiger partial charge in [-0.25, -0.2) is 4.39 Å². The third-order valence-electron chi connectivity index (χ3n) is 5.25. The maximum absolute atomic E-state index is 14.1. The first-order valence-electron chi connectivity index (χ1n) is 10.5. The monoisotopic (exact) mass is 502 g/mol. The molecular formula is C24H34Cl3FN4. The molecule has 0 aliphatic heterocycles. The smallest absolute Gasteiger partial charge is 0.123 e. The number of benzene rings is 2. The molecule has 2 aromatic carbocycles. The highest BCUT2D eigenvalue weighted by molar-refractivity contribution is 6.30. The highest BCUT2D eigenvalue weighted by atomic mass is 35.5. The summed E-state index contributed by atoms with van der Waals surface area (Å²) in [7, 11) is 8.40. The lowest BCUT2D eigenvalue weighted by Crippen LogP contribution is -2.38. The van der Waals surface area contributed by atoms with Gasteiger partial charge in [-0.1, -0.05) is 23.7 Å². The molecule has 0 bridgehead atoms. The van der Waals surface area contributed by atoms with Crippen LogP contribution >= 0.6 is 36.4 Å². The summed E-state index contributed by atoms with van der Waals surface area (Å²) in [6.07, 6.45) is 4.26. The fraction of sp³-hybridized carbons (Fsp3) is 0.417. The molecule has 0 unspecified atom stereocenters. The van der Waals surface area contributed by atoms with E-state index in [0.717, 1.165) is 61.1 Å². The predicted octanol–water partition coefficient (Wildman–Crippen LogP) is 5.79. The highest BCUT2D eigenvalue weighted by Gasteiger charge is 2.16. The van der Waals surface area contributed by atoms with Crippen molar-refractivity contribution in [2.75, 3.05) is 59.4 Å². The van der Waals surface area contributed by atoms with Crippen LogP contribution in [0.15, 0.2) is 48.7 Å². The average Bonchev–Trinajstić information content (AvgIpc) is 3.05. The Morgan fingerprint density at radius 1 is 0.812 bits per heavy atom. The Balaban J connectivity index is 0.00000256. The zero-order chi connectivity index (χ0) is 21.7. The summed E-state index contributed by atoms with van der Waals surface area (Å²) in [6.45, 7) is 3.93. The Hall–Kier alpha value is -1.50. The van der Waals surface area contributed by atoms with Crippen LogP contribution in [0.25, 0.3) is 22.0 Å². The fourth-order valence-corrected chi connectivity index (χ4v) is 3.87. The number of hydrogen-bond acceptors (Lipinski definition) is 3. The quantitative estimate of drug-likeness (QED) is 0.348. The normalized spacial score (nSPS) is 11.0. The SMILES string of the molecule is CN(C)CCCN(CCCN(C)C)n1cc(-c2ccc(Cl)cc2)c2cc(F)ccc21.Cl.Cl. The minimum absolute atomic E-state index is 0. The minimum Gasteiger partial charge on any atom is -0.313 e. The van der Waals surface area contributed by atoms with Gasteiger partial charge in [0.2, 0.25) is 0 Å². The largest absolute Gasteiger partial charge is 0.313 e. The first kappa shape index (κ1) is 28.5. The van der Waals surface area contributed by atoms with Crippen molar-refractivity contribution in [1.82, 2.24) is 14.5 Å². The van der Waals surface area contributed by atoms with E-state index in [1.54, 1.807) is 12.1 Å². The van der Waals surface area contributed by atoms with Gasteiger partial charge in [0.1, 0.15) is 5.82 Å². The second-order valence-corrected chi connectivity index (χ2v) is 8.76. The van der Waals surface area contributed by atoms with Crippen LogP contribution in [0.2, 0.25) is 5.02 Å². The lowest BCUT2D eigenvalue weighted by atomic mass is 10.1. The first-order valence-corrected chi connectivity index (χ1v) is 10.8. The summed E-state index contributed by atoms with van der Waals surface area (Å²) in [5.41, 5.74) is 3.08. The average molecular weight is 504 g/mol. The Kier molecular flexibility index (Phi) is 11.8. The molecule has 0 fully saturated rings. The summed E-state index contributed by atoms with van der Waals surface area (Å²) in [4.78, 5) is 4.42. The zero-order valence-corrected chi connectivity index (χ0v) is 21.6. The van der Waals surface area contributed by atoms with Crippen molar-refractivity contribution in [3.8, 4) is 11.1 Å². The predicted molar refractivity (Wildman–Crippen MR) is 141 cm³/mol. The molecule has 3 rings (SSSR count). The molecule has 0 saturated carbocycles. The summed E-state index contributed by atoms with van der Waals surface area (Å²) in [5, 5.41) is 4.00. The summed E-state index contributed by atoms with van der Waals surface area (Å²) in [6, 6.07) is 12.8. The number of halogens is 4. The molecular weight excluding hydrogens is 470 g/mol. The van der Waals surface area contributed by atoms with Gasteiger partial charge in [-0.3, -0.25) is 4.68 Å². The third-order valence-corrected chi connectivity index (χ3v) is 5.50. The molecule has 0 saturated heterocycles. The van der Waals surface area contributed by atoms with E-state index in [1.807, 2.05) is 30.3 Å². The molecule has 1 heterocycles. The van der Waals surface area contributed by atoms with Crippen LogP contribution in [0.3, 0.4) is 0 Å². The van der Waals surface area contributed by atoms with Crippen LogP contribution in [0.5, 0.6) is 0 Å². The molecule has 0 aliphatic carbocycles. The fourth-order valence-electron chi connectivity index (χ4n) is 3.74. The van der Waals surface area contributed by atoms with Gasteiger partial charge in [0.25, 0.3) is 0 Å². The third kappa shape index (κ3) is 7.53. The molecule has 178 valence electrons. The van der Waals surface area contributed by atoms with Crippen molar-refractivity contribution in [3.05, 3.63) is 59.5 Å². The van der Waals surface area contributed by atoms with Crippen molar-refractivity contribution in [2.45, 2.75) is 12.8 Å². The van der Waals surface area contributed by atoms with Crippen molar-refractivity contribution in [3.63, 3.8) is 0 Å². The molecule has 0 spiro atoms. The van der Waals surface area contributed by atoms with Gasteiger partial charge in [0.15, 0.2) is 0 Å². The van der Waals surface area contributed by atoms with E-state index in [-0.39, 0.29) is 30.6 Å². The molecule has 0 amide bonds. The van der Waals surface area contributed by atoms with E-state index >= 15 is 0 Å². The van der Waals surface area contributed by atoms with E-state index in [4.69, 9.17) is 11.6 Å². The van der Waals surface area contributed by atoms with Crippen LogP contribution < -0.4 is 5.01 Å². The van der Waals surface area contributed by atoms with Gasteiger partial charge in [-0.05, 0) is 90.0 Å². The minimum atomic E-state index is -0.220. The van der Waals surface area contributed by atoms with Crippen molar-refractivity contribution in [2.24, 2.45) is 0 Å². The van der Waals surface area contributed by atoms with Crippen LogP contribution in [0.4, 0.5) is 4.39 Å². The molecule has 1 aromatic heterocycles. The maximum Gasteiger partial charge on any atom is 0.123 e. The van der Waals surface area contributed by atoms with Gasteiger partial charge in [-0.2, -0.15) is 0 Å². The van der Waals surface area contributed by atoms with Gasteiger partial charge in [0.05, 0.1) is 5.52 Å². The van der Waals surface area contributed by atoms with Crippen molar-refractivity contribution < 1.29 is 4.39 Å². The Morgan fingerprint density at radius 3 is 1.91 bits per heavy atom. The van der Waals surface area contributed by atoms with E-state index in [9.17, 15) is 4.39 Å². The lowest BCUT2D eigenvalue weighted by molar-refractivity contribution is 0.378. The summed E-state index contributed by atoms with van der Waals surface area (Å²) in [5.74, 6) is -0.220. The van der Waals surface area contributed by atoms with Gasteiger partial charge >= 0.3 is 0 Å². The highest BCUT2D eigenvalue weighted by Crippen LogP contribution is 2.32. The topological polar surface area (TPSA) is 14.7 Å². The van der Waals surface area contributed by atoms with Gasteiger partial charge in [-0.15, -0.1) is 24.8 Å². The van der Waals surface area contributed by atoms with Gasteiger partial charge < -0.3 is 14.8 Å². The van der Waals surface area contributed by atoms with E-state index in [0.29, 0.717) is 5.02 Å². The molecule has 32 heavy (non-hydrogen) atoms. The second-order valence-electron chi connectivity index (χ2n) is 8.32. The molecule has 4 nitrogen and oxygen atoms in total. The Labute approximate surface area is 208 Å². The number of rotatable bonds is 10. The van der Waals surface area contributed by atoms with E-state index in [1.165, 1.54) is 0 Å². The number of fused-ring (bicyclic) bond motifs is 1. The second kappa shape index (κ2) is 13.3. The standard InChI is InChI=1S/C24H32ClFN4.2ClH/c1-27(2)13-5-15-29(16-6-14-28(3)4)30-18-23(19-7-9-20(25)10-8-19)22-17-21(26)11-12-24(22)30;;/h7-12,17-18H,5-6,13-16H2,1-4H3;2*1H. The molecule has 0 N–H and O–H groups in total. The van der Waals surface area contributed by atoms with Crippen LogP contribution in [-0.4, -0.2) is 68.8 Å². The maximum atomic E-state index is 14.1.